The number of carbonyl (C=O) groups excluding carboxylic acids is 3. The smallest absolute Gasteiger partial charge is 0.253 e. The second-order valence-electron chi connectivity index (χ2n) is 6.32. The molecule has 1 rings (SSSR count). The third-order valence-electron chi connectivity index (χ3n) is 3.38. The summed E-state index contributed by atoms with van der Waals surface area (Å²) in [6.07, 6.45) is 4.32. The lowest BCUT2D eigenvalue weighted by Gasteiger charge is -2.24. The number of hydrogen-bond acceptors (Lipinski definition) is 4. The van der Waals surface area contributed by atoms with Crippen molar-refractivity contribution >= 4 is 18.1 Å². The molecular formula is C17H25N3O3. The first-order valence-corrected chi connectivity index (χ1v) is 7.81. The Balaban J connectivity index is 2.75. The zero-order chi connectivity index (χ0) is 17.4. The zero-order valence-electron chi connectivity index (χ0n) is 14.1. The lowest BCUT2D eigenvalue weighted by molar-refractivity contribution is -0.126. The number of carbonyl (C=O) groups is 3. The Labute approximate surface area is 137 Å². The Bertz CT molecular complexity index is 529. The number of nitrogens with zero attached hydrogens (tertiary/aromatic N) is 1. The van der Waals surface area contributed by atoms with Crippen LogP contribution in [0.3, 0.4) is 0 Å². The van der Waals surface area contributed by atoms with E-state index in [1.807, 2.05) is 27.7 Å². The molecule has 0 radical (unpaired) electrons. The zero-order valence-corrected chi connectivity index (χ0v) is 14.1. The second-order valence-corrected chi connectivity index (χ2v) is 6.32. The van der Waals surface area contributed by atoms with Crippen LogP contribution in [-0.4, -0.2) is 35.2 Å². The maximum Gasteiger partial charge on any atom is 0.253 e. The summed E-state index contributed by atoms with van der Waals surface area (Å²) in [6, 6.07) is 2.03. The van der Waals surface area contributed by atoms with Crippen molar-refractivity contribution in [1.82, 2.24) is 15.6 Å². The van der Waals surface area contributed by atoms with Crippen molar-refractivity contribution in [3.63, 3.8) is 0 Å². The van der Waals surface area contributed by atoms with Gasteiger partial charge in [-0.15, -0.1) is 0 Å². The van der Waals surface area contributed by atoms with Crippen molar-refractivity contribution in [3.05, 3.63) is 30.1 Å². The minimum atomic E-state index is -0.711. The van der Waals surface area contributed by atoms with Crippen LogP contribution in [0, 0.1) is 11.8 Å². The maximum atomic E-state index is 12.4. The highest BCUT2D eigenvalue weighted by Crippen LogP contribution is 2.07. The molecule has 1 aromatic rings. The molecule has 0 unspecified atom stereocenters. The molecule has 0 spiro atoms. The number of rotatable bonds is 8. The van der Waals surface area contributed by atoms with Gasteiger partial charge in [0.05, 0.1) is 11.6 Å². The van der Waals surface area contributed by atoms with Crippen LogP contribution in [-0.2, 0) is 9.59 Å². The molecule has 0 aliphatic rings. The van der Waals surface area contributed by atoms with Crippen LogP contribution < -0.4 is 10.6 Å². The lowest BCUT2D eigenvalue weighted by atomic mass is 10.0. The van der Waals surface area contributed by atoms with Gasteiger partial charge in [0.2, 0.25) is 5.91 Å². The van der Waals surface area contributed by atoms with Crippen molar-refractivity contribution in [2.24, 2.45) is 11.8 Å². The number of aldehydes is 1. The molecule has 2 N–H and O–H groups in total. The van der Waals surface area contributed by atoms with Gasteiger partial charge in [0.25, 0.3) is 5.91 Å². The summed E-state index contributed by atoms with van der Waals surface area (Å²) in [5.41, 5.74) is 0.389. The summed E-state index contributed by atoms with van der Waals surface area (Å²) in [5, 5.41) is 5.41. The maximum absolute atomic E-state index is 12.4. The van der Waals surface area contributed by atoms with Gasteiger partial charge in [-0.3, -0.25) is 14.6 Å². The average molecular weight is 319 g/mol. The summed E-state index contributed by atoms with van der Waals surface area (Å²) in [6.45, 7) is 7.64. The SMILES string of the molecule is CC(C)C[C@@H](C=O)NC(=O)[C@@H](NC(=O)c1cccnc1)C(C)C. The van der Waals surface area contributed by atoms with Crippen LogP contribution in [0.2, 0.25) is 0 Å². The van der Waals surface area contributed by atoms with E-state index in [1.165, 1.54) is 6.20 Å². The standard InChI is InChI=1S/C17H25N3O3/c1-11(2)8-14(10-21)19-17(23)15(12(3)4)20-16(22)13-6-5-7-18-9-13/h5-7,9-12,14-15H,8H2,1-4H3,(H,19,23)(H,20,22)/t14-,15-/m0/s1. The molecule has 6 nitrogen and oxygen atoms in total. The van der Waals surface area contributed by atoms with Gasteiger partial charge >= 0.3 is 0 Å². The summed E-state index contributed by atoms with van der Waals surface area (Å²) >= 11 is 0. The minimum Gasteiger partial charge on any atom is -0.345 e. The lowest BCUT2D eigenvalue weighted by Crippen LogP contribution is -2.52. The van der Waals surface area contributed by atoms with E-state index in [0.717, 1.165) is 6.29 Å². The predicted molar refractivity (Wildman–Crippen MR) is 87.8 cm³/mol. The van der Waals surface area contributed by atoms with Crippen LogP contribution in [0.4, 0.5) is 0 Å². The van der Waals surface area contributed by atoms with Crippen molar-refractivity contribution in [1.29, 1.82) is 0 Å². The number of aromatic nitrogens is 1. The van der Waals surface area contributed by atoms with Gasteiger partial charge in [0.15, 0.2) is 0 Å². The largest absolute Gasteiger partial charge is 0.345 e. The fraction of sp³-hybridized carbons (Fsp3) is 0.529. The van der Waals surface area contributed by atoms with Gasteiger partial charge in [-0.1, -0.05) is 27.7 Å². The third-order valence-corrected chi connectivity index (χ3v) is 3.38. The molecule has 2 amide bonds. The molecule has 6 heteroatoms. The third kappa shape index (κ3) is 6.18. The predicted octanol–water partition coefficient (Wildman–Crippen LogP) is 1.57. The van der Waals surface area contributed by atoms with Gasteiger partial charge in [0, 0.05) is 12.4 Å². The first-order chi connectivity index (χ1) is 10.8. The van der Waals surface area contributed by atoms with Crippen molar-refractivity contribution in [3.8, 4) is 0 Å². The van der Waals surface area contributed by atoms with E-state index in [-0.39, 0.29) is 23.7 Å². The summed E-state index contributed by atoms with van der Waals surface area (Å²) in [5.74, 6) is -0.539. The number of hydrogen-bond donors (Lipinski definition) is 2. The molecule has 0 saturated heterocycles. The highest BCUT2D eigenvalue weighted by Gasteiger charge is 2.26. The summed E-state index contributed by atoms with van der Waals surface area (Å²) in [4.78, 5) is 39.6. The van der Waals surface area contributed by atoms with E-state index in [9.17, 15) is 14.4 Å². The molecule has 23 heavy (non-hydrogen) atoms. The Hall–Kier alpha value is -2.24. The van der Waals surface area contributed by atoms with E-state index < -0.39 is 12.1 Å². The van der Waals surface area contributed by atoms with E-state index in [0.29, 0.717) is 12.0 Å². The second kappa shape index (κ2) is 9.02. The molecule has 0 aromatic carbocycles. The first-order valence-electron chi connectivity index (χ1n) is 7.81. The van der Waals surface area contributed by atoms with Crippen LogP contribution in [0.1, 0.15) is 44.5 Å². The highest BCUT2D eigenvalue weighted by atomic mass is 16.2. The van der Waals surface area contributed by atoms with E-state index in [4.69, 9.17) is 0 Å². The Morgan fingerprint density at radius 1 is 1.22 bits per heavy atom. The molecule has 0 saturated carbocycles. The molecule has 1 heterocycles. The van der Waals surface area contributed by atoms with Crippen molar-refractivity contribution in [2.75, 3.05) is 0 Å². The fourth-order valence-corrected chi connectivity index (χ4v) is 2.19. The van der Waals surface area contributed by atoms with Gasteiger partial charge < -0.3 is 15.4 Å². The Morgan fingerprint density at radius 2 is 1.91 bits per heavy atom. The average Bonchev–Trinajstić information content (AvgIpc) is 2.51. The summed E-state index contributed by atoms with van der Waals surface area (Å²) in [7, 11) is 0. The molecule has 126 valence electrons. The van der Waals surface area contributed by atoms with Crippen LogP contribution >= 0.6 is 0 Å². The van der Waals surface area contributed by atoms with Crippen LogP contribution in [0.15, 0.2) is 24.5 Å². The van der Waals surface area contributed by atoms with Crippen molar-refractivity contribution in [2.45, 2.75) is 46.2 Å². The minimum absolute atomic E-state index is 0.109. The molecule has 0 aliphatic carbocycles. The topological polar surface area (TPSA) is 88.2 Å². The number of nitrogens with one attached hydrogen (secondary N) is 2. The van der Waals surface area contributed by atoms with Crippen LogP contribution in [0.25, 0.3) is 0 Å². The van der Waals surface area contributed by atoms with Crippen molar-refractivity contribution < 1.29 is 14.4 Å². The normalized spacial score (nSPS) is 13.5. The summed E-state index contributed by atoms with van der Waals surface area (Å²) < 4.78 is 0. The molecule has 0 bridgehead atoms. The Morgan fingerprint density at radius 3 is 2.39 bits per heavy atom. The number of pyridine rings is 1. The van der Waals surface area contributed by atoms with Gasteiger partial charge in [-0.25, -0.2) is 0 Å². The monoisotopic (exact) mass is 319 g/mol. The van der Waals surface area contributed by atoms with Gasteiger partial charge in [0.1, 0.15) is 12.3 Å². The molecule has 0 fully saturated rings. The molecule has 0 aliphatic heterocycles. The number of amides is 2. The fourth-order valence-electron chi connectivity index (χ4n) is 2.19. The quantitative estimate of drug-likeness (QED) is 0.712. The van der Waals surface area contributed by atoms with Gasteiger partial charge in [-0.2, -0.15) is 0 Å². The molecular weight excluding hydrogens is 294 g/mol. The van der Waals surface area contributed by atoms with Crippen LogP contribution in [0.5, 0.6) is 0 Å². The van der Waals surface area contributed by atoms with E-state index in [1.54, 1.807) is 18.3 Å². The van der Waals surface area contributed by atoms with E-state index >= 15 is 0 Å². The Kier molecular flexibility index (Phi) is 7.38. The molecule has 2 atom stereocenters. The highest BCUT2D eigenvalue weighted by molar-refractivity contribution is 5.97. The van der Waals surface area contributed by atoms with E-state index in [2.05, 4.69) is 15.6 Å². The molecule has 1 aromatic heterocycles. The van der Waals surface area contributed by atoms with Gasteiger partial charge in [-0.05, 0) is 30.4 Å². The first kappa shape index (κ1) is 18.8.